The zero-order chi connectivity index (χ0) is 15.3. The summed E-state index contributed by atoms with van der Waals surface area (Å²) in [6, 6.07) is 5.36. The summed E-state index contributed by atoms with van der Waals surface area (Å²) in [4.78, 5) is 3.42. The van der Waals surface area contributed by atoms with Gasteiger partial charge in [-0.2, -0.15) is 0 Å². The van der Waals surface area contributed by atoms with Crippen molar-refractivity contribution in [3.05, 3.63) is 23.0 Å². The maximum Gasteiger partial charge on any atom is 0.178 e. The van der Waals surface area contributed by atoms with Crippen molar-refractivity contribution in [2.24, 2.45) is 5.41 Å². The molecule has 1 aliphatic rings. The van der Waals surface area contributed by atoms with Crippen molar-refractivity contribution in [2.75, 3.05) is 6.26 Å². The largest absolute Gasteiger partial charge is 0.329 e. The number of H-pyrrole nitrogens is 1. The second kappa shape index (κ2) is 4.95. The molecule has 114 valence electrons. The van der Waals surface area contributed by atoms with Crippen LogP contribution >= 0.6 is 12.2 Å². The van der Waals surface area contributed by atoms with E-state index >= 15 is 0 Å². The predicted molar refractivity (Wildman–Crippen MR) is 86.8 cm³/mol. The van der Waals surface area contributed by atoms with Crippen LogP contribution in [0.2, 0.25) is 0 Å². The first-order valence-corrected chi connectivity index (χ1v) is 9.58. The Hall–Kier alpha value is -1.14. The molecule has 1 saturated carbocycles. The molecular weight excluding hydrogens is 304 g/mol. The van der Waals surface area contributed by atoms with Crippen molar-refractivity contribution < 1.29 is 8.42 Å². The average molecular weight is 324 g/mol. The number of hydrogen-bond donors (Lipinski definition) is 1. The van der Waals surface area contributed by atoms with Gasteiger partial charge in [-0.1, -0.05) is 19.4 Å². The van der Waals surface area contributed by atoms with Crippen LogP contribution in [0.5, 0.6) is 0 Å². The fraction of sp³-hybridized carbons (Fsp3) is 0.533. The first kappa shape index (κ1) is 14.8. The Morgan fingerprint density at radius 3 is 2.67 bits per heavy atom. The summed E-state index contributed by atoms with van der Waals surface area (Å²) in [6.07, 6.45) is 6.08. The molecule has 1 aromatic carbocycles. The molecule has 1 fully saturated rings. The standard InChI is InChI=1S/C15H20N2O2S2/c1-3-7-15(8-9-15)10-17-11-5-4-6-12(21(2,18)19)13(11)16-14(17)20/h4-6H,3,7-10H2,1-2H3,(H,16,20). The first-order chi connectivity index (χ1) is 9.86. The number of sulfone groups is 1. The second-order valence-electron chi connectivity index (χ2n) is 6.19. The van der Waals surface area contributed by atoms with E-state index in [2.05, 4.69) is 16.5 Å². The monoisotopic (exact) mass is 324 g/mol. The predicted octanol–water partition coefficient (Wildman–Crippen LogP) is 3.68. The van der Waals surface area contributed by atoms with E-state index in [1.807, 2.05) is 6.07 Å². The third-order valence-corrected chi connectivity index (χ3v) is 5.86. The number of aromatic nitrogens is 2. The Morgan fingerprint density at radius 1 is 1.38 bits per heavy atom. The summed E-state index contributed by atoms with van der Waals surface area (Å²) in [6.45, 7) is 3.09. The number of benzene rings is 1. The van der Waals surface area contributed by atoms with Crippen LogP contribution in [-0.2, 0) is 16.4 Å². The number of rotatable bonds is 5. The summed E-state index contributed by atoms with van der Waals surface area (Å²) in [5.41, 5.74) is 1.89. The molecule has 0 radical (unpaired) electrons. The number of para-hydroxylation sites is 1. The van der Waals surface area contributed by atoms with Crippen LogP contribution in [0, 0.1) is 10.2 Å². The normalized spacial score (nSPS) is 17.2. The summed E-state index contributed by atoms with van der Waals surface area (Å²) >= 11 is 5.43. The Kier molecular flexibility index (Phi) is 3.48. The van der Waals surface area contributed by atoms with Gasteiger partial charge in [-0.05, 0) is 49.0 Å². The Balaban J connectivity index is 2.13. The summed E-state index contributed by atoms with van der Waals surface area (Å²) in [7, 11) is -3.26. The maximum absolute atomic E-state index is 11.9. The van der Waals surface area contributed by atoms with Gasteiger partial charge in [0.05, 0.1) is 15.9 Å². The summed E-state index contributed by atoms with van der Waals surface area (Å²) < 4.78 is 26.5. The van der Waals surface area contributed by atoms with Crippen LogP contribution in [0.4, 0.5) is 0 Å². The van der Waals surface area contributed by atoms with Gasteiger partial charge < -0.3 is 9.55 Å². The van der Waals surface area contributed by atoms with Gasteiger partial charge in [-0.3, -0.25) is 0 Å². The zero-order valence-corrected chi connectivity index (χ0v) is 14.0. The highest BCUT2D eigenvalue weighted by molar-refractivity contribution is 7.91. The minimum absolute atomic E-state index is 0.324. The van der Waals surface area contributed by atoms with Gasteiger partial charge in [0.25, 0.3) is 0 Å². The fourth-order valence-electron chi connectivity index (χ4n) is 3.15. The van der Waals surface area contributed by atoms with Crippen LogP contribution in [0.3, 0.4) is 0 Å². The molecule has 0 unspecified atom stereocenters. The van der Waals surface area contributed by atoms with E-state index in [1.165, 1.54) is 31.9 Å². The number of nitrogens with one attached hydrogen (secondary N) is 1. The van der Waals surface area contributed by atoms with Gasteiger partial charge in [-0.25, -0.2) is 8.42 Å². The maximum atomic E-state index is 11.9. The average Bonchev–Trinajstić information content (AvgIpc) is 3.08. The van der Waals surface area contributed by atoms with Gasteiger partial charge in [0.15, 0.2) is 14.6 Å². The van der Waals surface area contributed by atoms with Gasteiger partial charge in [0, 0.05) is 12.8 Å². The van der Waals surface area contributed by atoms with Crippen LogP contribution in [0.1, 0.15) is 32.6 Å². The molecule has 3 rings (SSSR count). The smallest absolute Gasteiger partial charge is 0.178 e. The molecule has 2 aromatic rings. The topological polar surface area (TPSA) is 54.9 Å². The van der Waals surface area contributed by atoms with E-state index in [9.17, 15) is 8.42 Å². The highest BCUT2D eigenvalue weighted by atomic mass is 32.2. The van der Waals surface area contributed by atoms with E-state index in [0.29, 0.717) is 20.6 Å². The highest BCUT2D eigenvalue weighted by Gasteiger charge is 2.42. The van der Waals surface area contributed by atoms with Crippen LogP contribution in [0.15, 0.2) is 23.1 Å². The Bertz CT molecular complexity index is 842. The van der Waals surface area contributed by atoms with E-state index in [-0.39, 0.29) is 0 Å². The summed E-state index contributed by atoms with van der Waals surface area (Å²) in [5.74, 6) is 0. The molecule has 21 heavy (non-hydrogen) atoms. The van der Waals surface area contributed by atoms with Crippen LogP contribution < -0.4 is 0 Å². The zero-order valence-electron chi connectivity index (χ0n) is 12.3. The van der Waals surface area contributed by atoms with E-state index in [0.717, 1.165) is 12.1 Å². The SMILES string of the molecule is CCCC1(Cn2c(=S)[nH]c3c(S(C)(=O)=O)cccc32)CC1. The minimum Gasteiger partial charge on any atom is -0.329 e. The van der Waals surface area contributed by atoms with Crippen molar-refractivity contribution in [1.29, 1.82) is 0 Å². The Morgan fingerprint density at radius 2 is 2.10 bits per heavy atom. The Labute approximate surface area is 130 Å². The minimum atomic E-state index is -3.26. The van der Waals surface area contributed by atoms with Crippen LogP contribution in [0.25, 0.3) is 11.0 Å². The van der Waals surface area contributed by atoms with Crippen LogP contribution in [-0.4, -0.2) is 24.2 Å². The second-order valence-corrected chi connectivity index (χ2v) is 8.56. The van der Waals surface area contributed by atoms with Crippen molar-refractivity contribution in [3.63, 3.8) is 0 Å². The lowest BCUT2D eigenvalue weighted by molar-refractivity contribution is 0.391. The van der Waals surface area contributed by atoms with Gasteiger partial charge in [-0.15, -0.1) is 0 Å². The number of aromatic amines is 1. The first-order valence-electron chi connectivity index (χ1n) is 7.28. The van der Waals surface area contributed by atoms with E-state index in [1.54, 1.807) is 12.1 Å². The highest BCUT2D eigenvalue weighted by Crippen LogP contribution is 2.51. The molecule has 1 N–H and O–H groups in total. The molecular formula is C15H20N2O2S2. The third-order valence-electron chi connectivity index (χ3n) is 4.40. The number of fused-ring (bicyclic) bond motifs is 1. The number of hydrogen-bond acceptors (Lipinski definition) is 3. The number of imidazole rings is 1. The third kappa shape index (κ3) is 2.66. The molecule has 0 bridgehead atoms. The van der Waals surface area contributed by atoms with E-state index in [4.69, 9.17) is 12.2 Å². The lowest BCUT2D eigenvalue weighted by atomic mass is 10.0. The van der Waals surface area contributed by atoms with Crippen molar-refractivity contribution in [1.82, 2.24) is 9.55 Å². The molecule has 0 spiro atoms. The molecule has 1 aliphatic carbocycles. The number of nitrogens with zero attached hydrogens (tertiary/aromatic N) is 1. The summed E-state index contributed by atoms with van der Waals surface area (Å²) in [5, 5.41) is 0. The lowest BCUT2D eigenvalue weighted by Crippen LogP contribution is -2.11. The lowest BCUT2D eigenvalue weighted by Gasteiger charge is -2.15. The fourth-order valence-corrected chi connectivity index (χ4v) is 4.27. The molecule has 0 amide bonds. The molecule has 1 heterocycles. The van der Waals surface area contributed by atoms with Crippen molar-refractivity contribution in [3.8, 4) is 0 Å². The van der Waals surface area contributed by atoms with Gasteiger partial charge in [0.2, 0.25) is 0 Å². The van der Waals surface area contributed by atoms with Gasteiger partial charge >= 0.3 is 0 Å². The molecule has 6 heteroatoms. The quantitative estimate of drug-likeness (QED) is 0.854. The molecule has 0 aliphatic heterocycles. The van der Waals surface area contributed by atoms with Gasteiger partial charge in [0.1, 0.15) is 0 Å². The molecule has 0 saturated heterocycles. The molecule has 1 aromatic heterocycles. The molecule has 4 nitrogen and oxygen atoms in total. The van der Waals surface area contributed by atoms with E-state index < -0.39 is 9.84 Å². The molecule has 0 atom stereocenters. The van der Waals surface area contributed by atoms with Crippen molar-refractivity contribution in [2.45, 2.75) is 44.0 Å². The van der Waals surface area contributed by atoms with Crippen molar-refractivity contribution >= 4 is 33.1 Å².